The van der Waals surface area contributed by atoms with E-state index in [9.17, 15) is 13.2 Å². The quantitative estimate of drug-likeness (QED) is 0.691. The molecule has 0 heterocycles. The van der Waals surface area contributed by atoms with Gasteiger partial charge in [0, 0.05) is 0 Å². The minimum atomic E-state index is -4.27. The lowest BCUT2D eigenvalue weighted by molar-refractivity contribution is -0.137. The molecule has 19 heavy (non-hydrogen) atoms. The maximum absolute atomic E-state index is 12.5. The van der Waals surface area contributed by atoms with Crippen molar-refractivity contribution in [3.63, 3.8) is 0 Å². The Morgan fingerprint density at radius 1 is 1.26 bits per heavy atom. The van der Waals surface area contributed by atoms with Crippen LogP contribution < -0.4 is 0 Å². The summed E-state index contributed by atoms with van der Waals surface area (Å²) < 4.78 is 43.2. The monoisotopic (exact) mass is 274 g/mol. The Bertz CT molecular complexity index is 374. The number of benzene rings is 1. The van der Waals surface area contributed by atoms with Crippen LogP contribution >= 0.6 is 0 Å². The SMILES string of the molecule is CCCCC(C)OCCc1cccc(C(F)(F)F)c1. The third-order valence-electron chi connectivity index (χ3n) is 3.01. The molecule has 0 spiro atoms. The zero-order valence-corrected chi connectivity index (χ0v) is 11.5. The van der Waals surface area contributed by atoms with Gasteiger partial charge in [0.15, 0.2) is 0 Å². The van der Waals surface area contributed by atoms with Gasteiger partial charge in [0.2, 0.25) is 0 Å². The van der Waals surface area contributed by atoms with E-state index in [1.807, 2.05) is 6.92 Å². The fourth-order valence-electron chi connectivity index (χ4n) is 1.86. The van der Waals surface area contributed by atoms with E-state index in [2.05, 4.69) is 6.92 Å². The smallest absolute Gasteiger partial charge is 0.378 e. The lowest BCUT2D eigenvalue weighted by Crippen LogP contribution is -2.11. The third kappa shape index (κ3) is 6.10. The molecule has 4 heteroatoms. The number of unbranched alkanes of at least 4 members (excludes halogenated alkanes) is 1. The summed E-state index contributed by atoms with van der Waals surface area (Å²) in [7, 11) is 0. The summed E-state index contributed by atoms with van der Waals surface area (Å²) >= 11 is 0. The highest BCUT2D eigenvalue weighted by atomic mass is 19.4. The second kappa shape index (κ2) is 7.53. The van der Waals surface area contributed by atoms with Gasteiger partial charge in [-0.3, -0.25) is 0 Å². The number of ether oxygens (including phenoxy) is 1. The van der Waals surface area contributed by atoms with E-state index in [1.165, 1.54) is 12.1 Å². The van der Waals surface area contributed by atoms with Crippen molar-refractivity contribution in [1.82, 2.24) is 0 Å². The number of alkyl halides is 3. The summed E-state index contributed by atoms with van der Waals surface area (Å²) in [6.45, 7) is 4.59. The van der Waals surface area contributed by atoms with Gasteiger partial charge in [-0.2, -0.15) is 13.2 Å². The Balaban J connectivity index is 2.41. The van der Waals surface area contributed by atoms with Gasteiger partial charge in [-0.1, -0.05) is 38.0 Å². The molecule has 1 unspecified atom stereocenters. The molecule has 0 radical (unpaired) electrons. The predicted octanol–water partition coefficient (Wildman–Crippen LogP) is 4.84. The standard InChI is InChI=1S/C15H21F3O/c1-3-4-6-12(2)19-10-9-13-7-5-8-14(11-13)15(16,17)18/h5,7-8,11-12H,3-4,6,9-10H2,1-2H3. The molecule has 0 saturated carbocycles. The molecule has 1 atom stereocenters. The molecule has 0 aliphatic carbocycles. The Labute approximate surface area is 112 Å². The predicted molar refractivity (Wildman–Crippen MR) is 70.1 cm³/mol. The molecule has 1 aromatic rings. The maximum Gasteiger partial charge on any atom is 0.416 e. The Morgan fingerprint density at radius 2 is 2.00 bits per heavy atom. The van der Waals surface area contributed by atoms with Gasteiger partial charge in [-0.25, -0.2) is 0 Å². The minimum absolute atomic E-state index is 0.172. The van der Waals surface area contributed by atoms with Gasteiger partial charge < -0.3 is 4.74 Å². The largest absolute Gasteiger partial charge is 0.416 e. The van der Waals surface area contributed by atoms with Crippen LogP contribution in [0.25, 0.3) is 0 Å². The fraction of sp³-hybridized carbons (Fsp3) is 0.600. The van der Waals surface area contributed by atoms with Gasteiger partial charge in [-0.05, 0) is 31.4 Å². The van der Waals surface area contributed by atoms with Crippen molar-refractivity contribution in [2.45, 2.75) is 51.8 Å². The van der Waals surface area contributed by atoms with E-state index in [-0.39, 0.29) is 6.10 Å². The van der Waals surface area contributed by atoms with Gasteiger partial charge in [-0.15, -0.1) is 0 Å². The summed E-state index contributed by atoms with van der Waals surface area (Å²) in [5, 5.41) is 0. The molecule has 0 bridgehead atoms. The Hall–Kier alpha value is -1.03. The molecule has 0 fully saturated rings. The van der Waals surface area contributed by atoms with Crippen molar-refractivity contribution < 1.29 is 17.9 Å². The molecule has 0 amide bonds. The molecule has 0 N–H and O–H groups in total. The van der Waals surface area contributed by atoms with Crippen LogP contribution in [-0.2, 0) is 17.3 Å². The van der Waals surface area contributed by atoms with Crippen molar-refractivity contribution in [3.8, 4) is 0 Å². The van der Waals surface area contributed by atoms with E-state index in [4.69, 9.17) is 4.74 Å². The first-order valence-corrected chi connectivity index (χ1v) is 6.71. The van der Waals surface area contributed by atoms with Crippen LogP contribution in [0.1, 0.15) is 44.2 Å². The summed E-state index contributed by atoms with van der Waals surface area (Å²) in [5.74, 6) is 0. The van der Waals surface area contributed by atoms with Crippen molar-refractivity contribution in [3.05, 3.63) is 35.4 Å². The average Bonchev–Trinajstić information content (AvgIpc) is 2.36. The van der Waals surface area contributed by atoms with Gasteiger partial charge in [0.1, 0.15) is 0 Å². The first-order chi connectivity index (χ1) is 8.93. The Kier molecular flexibility index (Phi) is 6.35. The van der Waals surface area contributed by atoms with Crippen LogP contribution in [0.5, 0.6) is 0 Å². The number of rotatable bonds is 7. The summed E-state index contributed by atoms with van der Waals surface area (Å²) in [5.41, 5.74) is 0.0709. The van der Waals surface area contributed by atoms with Gasteiger partial charge >= 0.3 is 6.18 Å². The topological polar surface area (TPSA) is 9.23 Å². The lowest BCUT2D eigenvalue weighted by Gasteiger charge is -2.13. The summed E-state index contributed by atoms with van der Waals surface area (Å²) in [6, 6.07) is 5.43. The van der Waals surface area contributed by atoms with Crippen molar-refractivity contribution >= 4 is 0 Å². The first kappa shape index (κ1) is 16.0. The summed E-state index contributed by atoms with van der Waals surface area (Å²) in [6.07, 6.45) is -0.345. The lowest BCUT2D eigenvalue weighted by atomic mass is 10.1. The van der Waals surface area contributed by atoms with E-state index in [0.717, 1.165) is 25.3 Å². The van der Waals surface area contributed by atoms with Crippen LogP contribution in [0.3, 0.4) is 0 Å². The molecular weight excluding hydrogens is 253 g/mol. The van der Waals surface area contributed by atoms with E-state index in [0.29, 0.717) is 18.6 Å². The number of hydrogen-bond donors (Lipinski definition) is 0. The molecule has 1 rings (SSSR count). The highest BCUT2D eigenvalue weighted by Gasteiger charge is 2.30. The summed E-state index contributed by atoms with van der Waals surface area (Å²) in [4.78, 5) is 0. The number of hydrogen-bond acceptors (Lipinski definition) is 1. The zero-order chi connectivity index (χ0) is 14.3. The molecule has 0 aromatic heterocycles. The van der Waals surface area contributed by atoms with Crippen LogP contribution in [0, 0.1) is 0 Å². The van der Waals surface area contributed by atoms with E-state index < -0.39 is 11.7 Å². The molecule has 0 aliphatic heterocycles. The van der Waals surface area contributed by atoms with Crippen LogP contribution in [0.4, 0.5) is 13.2 Å². The molecule has 0 saturated heterocycles. The van der Waals surface area contributed by atoms with Gasteiger partial charge in [0.05, 0.1) is 18.3 Å². The van der Waals surface area contributed by atoms with Crippen LogP contribution in [0.2, 0.25) is 0 Å². The van der Waals surface area contributed by atoms with E-state index in [1.54, 1.807) is 6.07 Å². The second-order valence-electron chi connectivity index (χ2n) is 4.77. The van der Waals surface area contributed by atoms with Crippen LogP contribution in [0.15, 0.2) is 24.3 Å². The molecule has 1 aromatic carbocycles. The van der Waals surface area contributed by atoms with E-state index >= 15 is 0 Å². The normalized spacial score (nSPS) is 13.5. The fourth-order valence-corrected chi connectivity index (χ4v) is 1.86. The molecular formula is C15H21F3O. The second-order valence-corrected chi connectivity index (χ2v) is 4.77. The van der Waals surface area contributed by atoms with Gasteiger partial charge in [0.25, 0.3) is 0 Å². The third-order valence-corrected chi connectivity index (χ3v) is 3.01. The average molecular weight is 274 g/mol. The van der Waals surface area contributed by atoms with Crippen molar-refractivity contribution in [2.75, 3.05) is 6.61 Å². The van der Waals surface area contributed by atoms with Crippen molar-refractivity contribution in [1.29, 1.82) is 0 Å². The first-order valence-electron chi connectivity index (χ1n) is 6.71. The highest BCUT2D eigenvalue weighted by Crippen LogP contribution is 2.29. The van der Waals surface area contributed by atoms with Crippen LogP contribution in [-0.4, -0.2) is 12.7 Å². The molecule has 1 nitrogen and oxygen atoms in total. The molecule has 0 aliphatic rings. The Morgan fingerprint density at radius 3 is 2.63 bits per heavy atom. The van der Waals surface area contributed by atoms with Crippen molar-refractivity contribution in [2.24, 2.45) is 0 Å². The maximum atomic E-state index is 12.5. The molecule has 108 valence electrons. The highest BCUT2D eigenvalue weighted by molar-refractivity contribution is 5.25. The zero-order valence-electron chi connectivity index (χ0n) is 11.5. The number of halogens is 3. The minimum Gasteiger partial charge on any atom is -0.378 e.